The van der Waals surface area contributed by atoms with Gasteiger partial charge >= 0.3 is 0 Å². The Morgan fingerprint density at radius 3 is 3.05 bits per heavy atom. The van der Waals surface area contributed by atoms with Crippen LogP contribution in [-0.2, 0) is 13.0 Å². The Kier molecular flexibility index (Phi) is 3.62. The molecule has 100 valence electrons. The van der Waals surface area contributed by atoms with Gasteiger partial charge in [0.1, 0.15) is 6.10 Å². The third-order valence-electron chi connectivity index (χ3n) is 3.51. The molecule has 0 amide bonds. The van der Waals surface area contributed by atoms with E-state index < -0.39 is 6.10 Å². The molecule has 19 heavy (non-hydrogen) atoms. The van der Waals surface area contributed by atoms with E-state index in [1.807, 2.05) is 10.7 Å². The number of aromatic nitrogens is 2. The van der Waals surface area contributed by atoms with E-state index in [9.17, 15) is 5.11 Å². The van der Waals surface area contributed by atoms with Crippen molar-refractivity contribution in [3.63, 3.8) is 0 Å². The van der Waals surface area contributed by atoms with Crippen molar-refractivity contribution in [2.24, 2.45) is 0 Å². The molecule has 2 atom stereocenters. The number of rotatable bonds is 4. The van der Waals surface area contributed by atoms with Crippen molar-refractivity contribution in [2.75, 3.05) is 0 Å². The Morgan fingerprint density at radius 1 is 1.42 bits per heavy atom. The van der Waals surface area contributed by atoms with Gasteiger partial charge in [0.05, 0.1) is 5.69 Å². The second kappa shape index (κ2) is 5.39. The Balaban J connectivity index is 1.79. The Labute approximate surface area is 117 Å². The summed E-state index contributed by atoms with van der Waals surface area (Å²) < 4.78 is 1.92. The van der Waals surface area contributed by atoms with E-state index >= 15 is 0 Å². The van der Waals surface area contributed by atoms with Gasteiger partial charge in [-0.25, -0.2) is 0 Å². The summed E-state index contributed by atoms with van der Waals surface area (Å²) in [4.78, 5) is 1.30. The molecular weight excluding hydrogens is 256 g/mol. The second-order valence-corrected chi connectivity index (χ2v) is 6.17. The third-order valence-corrected chi connectivity index (χ3v) is 4.89. The van der Waals surface area contributed by atoms with Crippen molar-refractivity contribution in [1.82, 2.24) is 9.78 Å². The van der Waals surface area contributed by atoms with Gasteiger partial charge < -0.3 is 5.11 Å². The minimum atomic E-state index is -0.452. The molecule has 1 aliphatic heterocycles. The number of aliphatic hydroxyl groups is 1. The summed E-state index contributed by atoms with van der Waals surface area (Å²) in [5, 5.41) is 15.1. The highest BCUT2D eigenvalue weighted by Crippen LogP contribution is 2.42. The smallest absolute Gasteiger partial charge is 0.108 e. The summed E-state index contributed by atoms with van der Waals surface area (Å²) in [5.41, 5.74) is 2.28. The number of hydrogen-bond acceptors (Lipinski definition) is 3. The van der Waals surface area contributed by atoms with Gasteiger partial charge in [-0.05, 0) is 30.5 Å². The summed E-state index contributed by atoms with van der Waals surface area (Å²) in [7, 11) is 0. The van der Waals surface area contributed by atoms with Crippen LogP contribution in [0.15, 0.2) is 41.4 Å². The lowest BCUT2D eigenvalue weighted by Gasteiger charge is -2.18. The molecule has 1 aromatic carbocycles. The molecule has 0 aliphatic carbocycles. The molecule has 0 saturated carbocycles. The molecule has 3 nitrogen and oxygen atoms in total. The van der Waals surface area contributed by atoms with E-state index in [1.54, 1.807) is 18.0 Å². The Bertz CT molecular complexity index is 542. The maximum atomic E-state index is 10.6. The predicted octanol–water partition coefficient (Wildman–Crippen LogP) is 3.04. The topological polar surface area (TPSA) is 38.0 Å². The van der Waals surface area contributed by atoms with Gasteiger partial charge in [-0.1, -0.05) is 25.1 Å². The van der Waals surface area contributed by atoms with Gasteiger partial charge in [0.2, 0.25) is 0 Å². The molecule has 2 heterocycles. The van der Waals surface area contributed by atoms with E-state index in [0.717, 1.165) is 25.1 Å². The largest absolute Gasteiger partial charge is 0.386 e. The van der Waals surface area contributed by atoms with Crippen molar-refractivity contribution in [3.05, 3.63) is 47.8 Å². The highest BCUT2D eigenvalue weighted by molar-refractivity contribution is 8.00. The minimum Gasteiger partial charge on any atom is -0.386 e. The summed E-state index contributed by atoms with van der Waals surface area (Å²) in [5.74, 6) is 0. The zero-order chi connectivity index (χ0) is 13.2. The van der Waals surface area contributed by atoms with Crippen LogP contribution < -0.4 is 0 Å². The molecule has 2 aromatic rings. The van der Waals surface area contributed by atoms with E-state index in [0.29, 0.717) is 0 Å². The molecule has 0 fully saturated rings. The van der Waals surface area contributed by atoms with E-state index in [-0.39, 0.29) is 5.25 Å². The van der Waals surface area contributed by atoms with Crippen molar-refractivity contribution in [1.29, 1.82) is 0 Å². The number of hydrogen-bond donors (Lipinski definition) is 1. The number of aliphatic hydroxyl groups excluding tert-OH is 1. The maximum absolute atomic E-state index is 10.6. The minimum absolute atomic E-state index is 0.199. The zero-order valence-electron chi connectivity index (χ0n) is 11.0. The third kappa shape index (κ3) is 2.42. The van der Waals surface area contributed by atoms with Gasteiger partial charge in [-0.3, -0.25) is 4.68 Å². The average molecular weight is 274 g/mol. The van der Waals surface area contributed by atoms with Crippen LogP contribution in [0.1, 0.15) is 30.7 Å². The predicted molar refractivity (Wildman–Crippen MR) is 77.3 cm³/mol. The van der Waals surface area contributed by atoms with E-state index in [2.05, 4.69) is 36.3 Å². The van der Waals surface area contributed by atoms with Crippen LogP contribution in [0.3, 0.4) is 0 Å². The lowest BCUT2D eigenvalue weighted by molar-refractivity contribution is 0.163. The average Bonchev–Trinajstić information content (AvgIpc) is 3.04. The molecule has 0 saturated heterocycles. The quantitative estimate of drug-likeness (QED) is 0.931. The number of nitrogens with zero attached hydrogens (tertiary/aromatic N) is 2. The molecule has 0 spiro atoms. The molecular formula is C15H18N2OS. The van der Waals surface area contributed by atoms with Crippen molar-refractivity contribution >= 4 is 11.8 Å². The standard InChI is InChI=1S/C15H18N2OS/c1-2-9-17-12(7-8-16-17)15(18)14-10-11-5-3-4-6-13(11)19-14/h3-8,14-15,18H,2,9-10H2,1H3. The monoisotopic (exact) mass is 274 g/mol. The molecule has 4 heteroatoms. The first-order chi connectivity index (χ1) is 9.29. The lowest BCUT2D eigenvalue weighted by atomic mass is 10.0. The van der Waals surface area contributed by atoms with Gasteiger partial charge in [-0.15, -0.1) is 11.8 Å². The van der Waals surface area contributed by atoms with Crippen LogP contribution in [0.5, 0.6) is 0 Å². The first kappa shape index (κ1) is 12.8. The Hall–Kier alpha value is -1.26. The first-order valence-electron chi connectivity index (χ1n) is 6.74. The Morgan fingerprint density at radius 2 is 2.26 bits per heavy atom. The maximum Gasteiger partial charge on any atom is 0.108 e. The van der Waals surface area contributed by atoms with Crippen LogP contribution in [-0.4, -0.2) is 20.1 Å². The highest BCUT2D eigenvalue weighted by Gasteiger charge is 2.30. The first-order valence-corrected chi connectivity index (χ1v) is 7.62. The number of benzene rings is 1. The van der Waals surface area contributed by atoms with Crippen LogP contribution in [0, 0.1) is 0 Å². The molecule has 1 aromatic heterocycles. The van der Waals surface area contributed by atoms with Gasteiger partial charge in [0, 0.05) is 22.9 Å². The molecule has 0 radical (unpaired) electrons. The molecule has 0 bridgehead atoms. The van der Waals surface area contributed by atoms with Gasteiger partial charge in [0.25, 0.3) is 0 Å². The summed E-state index contributed by atoms with van der Waals surface area (Å²) >= 11 is 1.78. The molecule has 2 unspecified atom stereocenters. The number of aryl methyl sites for hydroxylation is 1. The van der Waals surface area contributed by atoms with Crippen LogP contribution in [0.25, 0.3) is 0 Å². The van der Waals surface area contributed by atoms with Crippen molar-refractivity contribution in [3.8, 4) is 0 Å². The normalized spacial score (nSPS) is 19.4. The SMILES string of the molecule is CCCn1nccc1C(O)C1Cc2ccccc2S1. The second-order valence-electron chi connectivity index (χ2n) is 4.89. The van der Waals surface area contributed by atoms with E-state index in [4.69, 9.17) is 0 Å². The summed E-state index contributed by atoms with van der Waals surface area (Å²) in [6, 6.07) is 10.3. The van der Waals surface area contributed by atoms with Gasteiger partial charge in [0.15, 0.2) is 0 Å². The highest BCUT2D eigenvalue weighted by atomic mass is 32.2. The van der Waals surface area contributed by atoms with Crippen LogP contribution >= 0.6 is 11.8 Å². The summed E-state index contributed by atoms with van der Waals surface area (Å²) in [6.07, 6.45) is 3.28. The van der Waals surface area contributed by atoms with Crippen molar-refractivity contribution in [2.45, 2.75) is 42.6 Å². The fraction of sp³-hybridized carbons (Fsp3) is 0.400. The van der Waals surface area contributed by atoms with Gasteiger partial charge in [-0.2, -0.15) is 5.10 Å². The molecule has 1 N–H and O–H groups in total. The molecule has 3 rings (SSSR count). The van der Waals surface area contributed by atoms with E-state index in [1.165, 1.54) is 10.5 Å². The van der Waals surface area contributed by atoms with Crippen LogP contribution in [0.2, 0.25) is 0 Å². The zero-order valence-corrected chi connectivity index (χ0v) is 11.8. The van der Waals surface area contributed by atoms with Crippen molar-refractivity contribution < 1.29 is 5.11 Å². The fourth-order valence-electron chi connectivity index (χ4n) is 2.57. The lowest BCUT2D eigenvalue weighted by Crippen LogP contribution is -2.18. The summed E-state index contributed by atoms with van der Waals surface area (Å²) in [6.45, 7) is 2.99. The fourth-order valence-corrected chi connectivity index (χ4v) is 3.89. The molecule has 1 aliphatic rings. The number of thioether (sulfide) groups is 1. The number of fused-ring (bicyclic) bond motifs is 1. The van der Waals surface area contributed by atoms with Crippen LogP contribution in [0.4, 0.5) is 0 Å².